The van der Waals surface area contributed by atoms with E-state index in [1.807, 2.05) is 35.7 Å². The molecule has 1 saturated heterocycles. The summed E-state index contributed by atoms with van der Waals surface area (Å²) in [5, 5.41) is 6.81. The molecular weight excluding hydrogens is 433 g/mol. The third kappa shape index (κ3) is 4.09. The van der Waals surface area contributed by atoms with E-state index in [1.54, 1.807) is 44.7 Å². The van der Waals surface area contributed by atoms with Gasteiger partial charge in [-0.25, -0.2) is 9.37 Å². The van der Waals surface area contributed by atoms with Gasteiger partial charge >= 0.3 is 0 Å². The summed E-state index contributed by atoms with van der Waals surface area (Å²) < 4.78 is 25.2. The van der Waals surface area contributed by atoms with E-state index >= 15 is 0 Å². The van der Waals surface area contributed by atoms with Crippen LogP contribution in [0.1, 0.15) is 22.6 Å². The molecule has 1 N–H and O–H groups in total. The molecule has 1 fully saturated rings. The fourth-order valence-electron chi connectivity index (χ4n) is 3.97. The van der Waals surface area contributed by atoms with Crippen molar-refractivity contribution in [2.24, 2.45) is 0 Å². The van der Waals surface area contributed by atoms with Gasteiger partial charge in [-0.3, -0.25) is 0 Å². The predicted octanol–water partition coefficient (Wildman–Crippen LogP) is 5.00. The minimum atomic E-state index is -0.410. The second-order valence-electron chi connectivity index (χ2n) is 7.55. The van der Waals surface area contributed by atoms with Crippen molar-refractivity contribution in [2.75, 3.05) is 32.6 Å². The molecule has 1 atom stereocenters. The van der Waals surface area contributed by atoms with E-state index in [1.165, 1.54) is 0 Å². The van der Waals surface area contributed by atoms with E-state index in [-0.39, 0.29) is 5.82 Å². The van der Waals surface area contributed by atoms with Gasteiger partial charge < -0.3 is 19.7 Å². The Kier molecular flexibility index (Phi) is 6.11. The largest absolute Gasteiger partial charge is 0.497 e. The van der Waals surface area contributed by atoms with Crippen molar-refractivity contribution in [3.63, 3.8) is 0 Å². The number of thiazole rings is 1. The van der Waals surface area contributed by atoms with Gasteiger partial charge in [0.15, 0.2) is 5.11 Å². The molecule has 3 aromatic rings. The molecule has 2 aromatic carbocycles. The predicted molar refractivity (Wildman–Crippen MR) is 126 cm³/mol. The van der Waals surface area contributed by atoms with Crippen LogP contribution >= 0.6 is 23.6 Å². The van der Waals surface area contributed by atoms with Crippen LogP contribution in [0, 0.1) is 12.7 Å². The smallest absolute Gasteiger partial charge is 0.173 e. The van der Waals surface area contributed by atoms with Crippen molar-refractivity contribution in [1.29, 1.82) is 0 Å². The number of aryl methyl sites for hydroxylation is 1. The Hall–Kier alpha value is -2.71. The molecule has 0 bridgehead atoms. The molecule has 31 heavy (non-hydrogen) atoms. The maximum absolute atomic E-state index is 14.4. The number of benzene rings is 2. The molecule has 1 aliphatic heterocycles. The van der Waals surface area contributed by atoms with Crippen LogP contribution in [0.3, 0.4) is 0 Å². The fraction of sp³-hybridized carbons (Fsp3) is 0.304. The number of likely N-dealkylation sites (tertiary alicyclic amines) is 1. The number of methoxy groups -OCH3 is 2. The first kappa shape index (κ1) is 21.5. The monoisotopic (exact) mass is 457 g/mol. The van der Waals surface area contributed by atoms with Gasteiger partial charge in [0, 0.05) is 30.7 Å². The Morgan fingerprint density at radius 3 is 2.74 bits per heavy atom. The molecule has 0 aliphatic carbocycles. The first-order valence-electron chi connectivity index (χ1n) is 9.91. The molecule has 1 aliphatic rings. The summed E-state index contributed by atoms with van der Waals surface area (Å²) in [6, 6.07) is 11.0. The van der Waals surface area contributed by atoms with Gasteiger partial charge in [-0.2, -0.15) is 0 Å². The maximum Gasteiger partial charge on any atom is 0.173 e. The van der Waals surface area contributed by atoms with Crippen LogP contribution in [0.25, 0.3) is 0 Å². The van der Waals surface area contributed by atoms with Gasteiger partial charge in [0.05, 0.1) is 25.3 Å². The Bertz CT molecular complexity index is 1090. The van der Waals surface area contributed by atoms with Gasteiger partial charge in [0.1, 0.15) is 22.3 Å². The lowest BCUT2D eigenvalue weighted by Gasteiger charge is -2.29. The van der Waals surface area contributed by atoms with Crippen molar-refractivity contribution in [3.8, 4) is 11.5 Å². The quantitative estimate of drug-likeness (QED) is 0.545. The number of nitrogens with zero attached hydrogens (tertiary/aromatic N) is 2. The molecule has 162 valence electrons. The number of hydrogen-bond donors (Lipinski definition) is 1. The highest BCUT2D eigenvalue weighted by molar-refractivity contribution is 7.80. The number of anilines is 1. The maximum atomic E-state index is 14.4. The lowest BCUT2D eigenvalue weighted by atomic mass is 9.80. The summed E-state index contributed by atoms with van der Waals surface area (Å²) in [7, 11) is 3.23. The molecule has 4 rings (SSSR count). The van der Waals surface area contributed by atoms with Crippen molar-refractivity contribution >= 4 is 34.4 Å². The minimum absolute atomic E-state index is 0.200. The zero-order valence-electron chi connectivity index (χ0n) is 17.6. The van der Waals surface area contributed by atoms with Crippen LogP contribution in [0.2, 0.25) is 0 Å². The molecule has 0 radical (unpaired) electrons. The second-order valence-corrected chi connectivity index (χ2v) is 8.83. The first-order chi connectivity index (χ1) is 15.0. The fourth-order valence-corrected chi connectivity index (χ4v) is 5.12. The second kappa shape index (κ2) is 8.80. The number of nitrogens with one attached hydrogen (secondary N) is 1. The van der Waals surface area contributed by atoms with Crippen LogP contribution in [0.4, 0.5) is 10.1 Å². The number of ether oxygens (including phenoxy) is 2. The highest BCUT2D eigenvalue weighted by atomic mass is 32.1. The highest BCUT2D eigenvalue weighted by Crippen LogP contribution is 2.42. The average molecular weight is 458 g/mol. The highest BCUT2D eigenvalue weighted by Gasteiger charge is 2.44. The molecule has 0 amide bonds. The summed E-state index contributed by atoms with van der Waals surface area (Å²) in [6.07, 6.45) is 2.59. The molecular formula is C23H24FN3O2S2. The van der Waals surface area contributed by atoms with Gasteiger partial charge in [-0.05, 0) is 54.9 Å². The number of aromatic nitrogens is 1. The summed E-state index contributed by atoms with van der Waals surface area (Å²) in [4.78, 5) is 6.70. The summed E-state index contributed by atoms with van der Waals surface area (Å²) >= 11 is 7.33. The molecule has 5 nitrogen and oxygen atoms in total. The van der Waals surface area contributed by atoms with E-state index in [0.29, 0.717) is 28.7 Å². The SMILES string of the molecule is COc1ccc(OC)c(NC(=S)N2CCC(c3ccc(C)c(F)c3)(c3nccs3)C2)c1. The van der Waals surface area contributed by atoms with Crippen molar-refractivity contribution in [3.05, 3.63) is 69.9 Å². The van der Waals surface area contributed by atoms with Crippen molar-refractivity contribution < 1.29 is 13.9 Å². The molecule has 8 heteroatoms. The number of thiocarbonyl (C=S) groups is 1. The lowest BCUT2D eigenvalue weighted by molar-refractivity contribution is 0.404. The number of halogens is 1. The first-order valence-corrected chi connectivity index (χ1v) is 11.2. The van der Waals surface area contributed by atoms with Crippen LogP contribution < -0.4 is 14.8 Å². The van der Waals surface area contributed by atoms with Gasteiger partial charge in [0.2, 0.25) is 0 Å². The van der Waals surface area contributed by atoms with E-state index in [2.05, 4.69) is 15.2 Å². The van der Waals surface area contributed by atoms with Crippen molar-refractivity contribution in [2.45, 2.75) is 18.8 Å². The molecule has 0 spiro atoms. The van der Waals surface area contributed by atoms with Crippen LogP contribution in [-0.2, 0) is 5.41 Å². The zero-order chi connectivity index (χ0) is 22.0. The van der Waals surface area contributed by atoms with E-state index in [9.17, 15) is 4.39 Å². The normalized spacial score (nSPS) is 18.1. The Labute approximate surface area is 190 Å². The number of rotatable bonds is 5. The van der Waals surface area contributed by atoms with E-state index < -0.39 is 5.41 Å². The molecule has 2 heterocycles. The summed E-state index contributed by atoms with van der Waals surface area (Å²) in [6.45, 7) is 3.12. The summed E-state index contributed by atoms with van der Waals surface area (Å²) in [5.41, 5.74) is 1.89. The third-order valence-electron chi connectivity index (χ3n) is 5.77. The third-order valence-corrected chi connectivity index (χ3v) is 7.11. The van der Waals surface area contributed by atoms with Gasteiger partial charge in [-0.15, -0.1) is 11.3 Å². The Balaban J connectivity index is 1.62. The lowest BCUT2D eigenvalue weighted by Crippen LogP contribution is -2.37. The Morgan fingerprint density at radius 2 is 2.06 bits per heavy atom. The van der Waals surface area contributed by atoms with E-state index in [4.69, 9.17) is 21.7 Å². The molecule has 0 saturated carbocycles. The van der Waals surface area contributed by atoms with Crippen LogP contribution in [0.15, 0.2) is 48.0 Å². The summed E-state index contributed by atoms with van der Waals surface area (Å²) in [5.74, 6) is 1.18. The minimum Gasteiger partial charge on any atom is -0.497 e. The van der Waals surface area contributed by atoms with Gasteiger partial charge in [-0.1, -0.05) is 12.1 Å². The van der Waals surface area contributed by atoms with E-state index in [0.717, 1.165) is 29.2 Å². The van der Waals surface area contributed by atoms with Gasteiger partial charge in [0.25, 0.3) is 0 Å². The topological polar surface area (TPSA) is 46.6 Å². The Morgan fingerprint density at radius 1 is 1.23 bits per heavy atom. The van der Waals surface area contributed by atoms with Crippen LogP contribution in [0.5, 0.6) is 11.5 Å². The zero-order valence-corrected chi connectivity index (χ0v) is 19.3. The van der Waals surface area contributed by atoms with Crippen LogP contribution in [-0.4, -0.2) is 42.3 Å². The molecule has 1 unspecified atom stereocenters. The standard InChI is InChI=1S/C23H24FN3O2S2/c1-15-4-5-16(12-18(15)24)23(21-25-9-11-31-21)8-10-27(14-23)22(30)26-19-13-17(28-2)6-7-20(19)29-3/h4-7,9,11-13H,8,10,14H2,1-3H3,(H,26,30). The molecule has 1 aromatic heterocycles. The number of hydrogen-bond acceptors (Lipinski definition) is 5. The average Bonchev–Trinajstić information content (AvgIpc) is 3.46. The van der Waals surface area contributed by atoms with Crippen molar-refractivity contribution in [1.82, 2.24) is 9.88 Å².